The van der Waals surface area contributed by atoms with Gasteiger partial charge < -0.3 is 9.64 Å². The Balaban J connectivity index is 1.65. The molecule has 146 valence electrons. The van der Waals surface area contributed by atoms with Crippen LogP contribution in [0.3, 0.4) is 0 Å². The van der Waals surface area contributed by atoms with E-state index in [2.05, 4.69) is 42.9 Å². The fourth-order valence-electron chi connectivity index (χ4n) is 3.63. The number of piperazine rings is 1. The molecule has 1 aromatic heterocycles. The van der Waals surface area contributed by atoms with Crippen LogP contribution >= 0.6 is 0 Å². The summed E-state index contributed by atoms with van der Waals surface area (Å²) < 4.78 is 7.03. The quantitative estimate of drug-likeness (QED) is 0.812. The average molecular weight is 370 g/mol. The van der Waals surface area contributed by atoms with E-state index in [1.54, 1.807) is 11.8 Å². The number of hydrogen-bond acceptors (Lipinski definition) is 4. The topological polar surface area (TPSA) is 50.6 Å². The molecule has 27 heavy (non-hydrogen) atoms. The first-order valence-electron chi connectivity index (χ1n) is 9.59. The van der Waals surface area contributed by atoms with E-state index in [9.17, 15) is 4.79 Å². The zero-order valence-electron chi connectivity index (χ0n) is 17.0. The fraction of sp³-hybridized carbons (Fsp3) is 0.524. The first-order chi connectivity index (χ1) is 12.9. The van der Waals surface area contributed by atoms with E-state index in [0.717, 1.165) is 37.6 Å². The number of rotatable bonds is 5. The predicted octanol–water partition coefficient (Wildman–Crippen LogP) is 2.90. The second-order valence-corrected chi connectivity index (χ2v) is 7.67. The molecule has 0 N–H and O–H groups in total. The lowest BCUT2D eigenvalue weighted by molar-refractivity contribution is 0.0465. The largest absolute Gasteiger partial charge is 0.497 e. The number of methoxy groups -OCH3 is 1. The predicted molar refractivity (Wildman–Crippen MR) is 106 cm³/mol. The van der Waals surface area contributed by atoms with Crippen LogP contribution in [0.25, 0.3) is 0 Å². The molecule has 0 unspecified atom stereocenters. The lowest BCUT2D eigenvalue weighted by atomic mass is 10.1. The molecule has 1 fully saturated rings. The van der Waals surface area contributed by atoms with Crippen LogP contribution in [0.5, 0.6) is 5.75 Å². The number of ether oxygens (including phenoxy) is 1. The Hall–Kier alpha value is -2.34. The zero-order valence-corrected chi connectivity index (χ0v) is 17.0. The number of aryl methyl sites for hydroxylation is 1. The molecule has 0 spiro atoms. The van der Waals surface area contributed by atoms with Gasteiger partial charge in [0.2, 0.25) is 0 Å². The van der Waals surface area contributed by atoms with Crippen molar-refractivity contribution in [2.45, 2.75) is 39.3 Å². The highest BCUT2D eigenvalue weighted by molar-refractivity contribution is 5.93. The molecular weight excluding hydrogens is 340 g/mol. The third kappa shape index (κ3) is 4.33. The molecule has 0 saturated carbocycles. The van der Waals surface area contributed by atoms with Gasteiger partial charge in [-0.3, -0.25) is 14.4 Å². The van der Waals surface area contributed by atoms with E-state index in [1.165, 1.54) is 5.56 Å². The van der Waals surface area contributed by atoms with Crippen LogP contribution in [-0.4, -0.2) is 58.3 Å². The summed E-state index contributed by atoms with van der Waals surface area (Å²) in [5.41, 5.74) is 2.87. The zero-order chi connectivity index (χ0) is 19.6. The van der Waals surface area contributed by atoms with Crippen LogP contribution in [0.2, 0.25) is 0 Å². The average Bonchev–Trinajstić information content (AvgIpc) is 3.03. The van der Waals surface area contributed by atoms with Gasteiger partial charge in [0.25, 0.3) is 5.91 Å². The first-order valence-corrected chi connectivity index (χ1v) is 9.59. The van der Waals surface area contributed by atoms with E-state index < -0.39 is 0 Å². The fourth-order valence-corrected chi connectivity index (χ4v) is 3.63. The number of amides is 1. The Labute approximate surface area is 161 Å². The Bertz CT molecular complexity index is 799. The number of benzene rings is 1. The van der Waals surface area contributed by atoms with Crippen LogP contribution in [0.4, 0.5) is 0 Å². The van der Waals surface area contributed by atoms with E-state index >= 15 is 0 Å². The van der Waals surface area contributed by atoms with Gasteiger partial charge in [-0.2, -0.15) is 5.10 Å². The van der Waals surface area contributed by atoms with Crippen molar-refractivity contribution >= 4 is 5.91 Å². The standard InChI is InChI=1S/C21H30N4O2/c1-15(2)19-12-20(23(4)22-19)21(26)25-10-9-24(13-16(25)3)14-17-7-6-8-18(11-17)27-5/h6-8,11-12,15-16H,9-10,13-14H2,1-5H3/t16-/m0/s1. The molecule has 3 rings (SSSR count). The molecule has 1 amide bonds. The summed E-state index contributed by atoms with van der Waals surface area (Å²) in [5.74, 6) is 1.27. The Morgan fingerprint density at radius 1 is 1.30 bits per heavy atom. The second-order valence-electron chi connectivity index (χ2n) is 7.67. The summed E-state index contributed by atoms with van der Waals surface area (Å²) in [6, 6.07) is 10.3. The molecule has 1 aliphatic heterocycles. The van der Waals surface area contributed by atoms with Gasteiger partial charge in [-0.25, -0.2) is 0 Å². The van der Waals surface area contributed by atoms with Crippen LogP contribution in [-0.2, 0) is 13.6 Å². The van der Waals surface area contributed by atoms with Crippen LogP contribution < -0.4 is 4.74 Å². The highest BCUT2D eigenvalue weighted by Crippen LogP contribution is 2.20. The minimum atomic E-state index is 0.0745. The van der Waals surface area contributed by atoms with Gasteiger partial charge in [0, 0.05) is 39.3 Å². The minimum absolute atomic E-state index is 0.0745. The Morgan fingerprint density at radius 3 is 2.70 bits per heavy atom. The molecule has 1 aliphatic rings. The lowest BCUT2D eigenvalue weighted by Gasteiger charge is -2.39. The second kappa shape index (κ2) is 8.13. The van der Waals surface area contributed by atoms with E-state index in [4.69, 9.17) is 4.74 Å². The summed E-state index contributed by atoms with van der Waals surface area (Å²) in [6.45, 7) is 9.63. The maximum Gasteiger partial charge on any atom is 0.272 e. The third-order valence-electron chi connectivity index (χ3n) is 5.22. The summed E-state index contributed by atoms with van der Waals surface area (Å²) in [4.78, 5) is 17.4. The Morgan fingerprint density at radius 2 is 2.07 bits per heavy atom. The highest BCUT2D eigenvalue weighted by atomic mass is 16.5. The smallest absolute Gasteiger partial charge is 0.272 e. The number of aromatic nitrogens is 2. The molecule has 0 radical (unpaired) electrons. The molecule has 0 aliphatic carbocycles. The van der Waals surface area contributed by atoms with Crippen molar-refractivity contribution in [2.75, 3.05) is 26.7 Å². The van der Waals surface area contributed by atoms with Gasteiger partial charge in [-0.15, -0.1) is 0 Å². The monoisotopic (exact) mass is 370 g/mol. The minimum Gasteiger partial charge on any atom is -0.497 e. The Kier molecular flexibility index (Phi) is 5.85. The van der Waals surface area contributed by atoms with Crippen molar-refractivity contribution < 1.29 is 9.53 Å². The van der Waals surface area contributed by atoms with Gasteiger partial charge in [0.05, 0.1) is 12.8 Å². The summed E-state index contributed by atoms with van der Waals surface area (Å²) in [6.07, 6.45) is 0. The molecule has 6 nitrogen and oxygen atoms in total. The van der Waals surface area contributed by atoms with Crippen LogP contribution in [0, 0.1) is 0 Å². The molecule has 2 heterocycles. The van der Waals surface area contributed by atoms with Gasteiger partial charge in [0.1, 0.15) is 11.4 Å². The summed E-state index contributed by atoms with van der Waals surface area (Å²) >= 11 is 0. The number of hydrogen-bond donors (Lipinski definition) is 0. The molecule has 6 heteroatoms. The van der Waals surface area contributed by atoms with Crippen molar-refractivity contribution in [3.05, 3.63) is 47.3 Å². The van der Waals surface area contributed by atoms with Crippen molar-refractivity contribution in [3.63, 3.8) is 0 Å². The molecule has 1 atom stereocenters. The van der Waals surface area contributed by atoms with Gasteiger partial charge >= 0.3 is 0 Å². The number of carbonyl (C=O) groups excluding carboxylic acids is 1. The van der Waals surface area contributed by atoms with Crippen LogP contribution in [0.1, 0.15) is 48.4 Å². The number of carbonyl (C=O) groups is 1. The molecule has 2 aromatic rings. The van der Waals surface area contributed by atoms with Crippen molar-refractivity contribution in [1.29, 1.82) is 0 Å². The van der Waals surface area contributed by atoms with E-state index in [-0.39, 0.29) is 11.9 Å². The summed E-state index contributed by atoms with van der Waals surface area (Å²) in [5, 5.41) is 4.49. The summed E-state index contributed by atoms with van der Waals surface area (Å²) in [7, 11) is 3.54. The normalized spacial score (nSPS) is 18.1. The number of nitrogens with zero attached hydrogens (tertiary/aromatic N) is 4. The maximum absolute atomic E-state index is 13.0. The highest BCUT2D eigenvalue weighted by Gasteiger charge is 2.30. The SMILES string of the molecule is COc1cccc(CN2CCN(C(=O)c3cc(C(C)C)nn3C)[C@@H](C)C2)c1. The van der Waals surface area contributed by atoms with Crippen molar-refractivity contribution in [3.8, 4) is 5.75 Å². The van der Waals surface area contributed by atoms with E-state index in [0.29, 0.717) is 11.6 Å². The van der Waals surface area contributed by atoms with Gasteiger partial charge in [-0.1, -0.05) is 26.0 Å². The molecule has 1 saturated heterocycles. The molecular formula is C21H30N4O2. The van der Waals surface area contributed by atoms with E-state index in [1.807, 2.05) is 30.1 Å². The lowest BCUT2D eigenvalue weighted by Crippen LogP contribution is -2.53. The van der Waals surface area contributed by atoms with Gasteiger partial charge in [-0.05, 0) is 36.6 Å². The first kappa shape index (κ1) is 19.4. The van der Waals surface area contributed by atoms with Crippen molar-refractivity contribution in [1.82, 2.24) is 19.6 Å². The molecule has 0 bridgehead atoms. The third-order valence-corrected chi connectivity index (χ3v) is 5.22. The van der Waals surface area contributed by atoms with Crippen LogP contribution in [0.15, 0.2) is 30.3 Å². The molecule has 1 aromatic carbocycles. The van der Waals surface area contributed by atoms with Crippen molar-refractivity contribution in [2.24, 2.45) is 7.05 Å². The van der Waals surface area contributed by atoms with Gasteiger partial charge in [0.15, 0.2) is 0 Å². The maximum atomic E-state index is 13.0.